The van der Waals surface area contributed by atoms with Gasteiger partial charge in [0.1, 0.15) is 5.82 Å². The van der Waals surface area contributed by atoms with Gasteiger partial charge in [-0.05, 0) is 479 Å². The second-order valence-electron chi connectivity index (χ2n) is 44.7. The van der Waals surface area contributed by atoms with Crippen molar-refractivity contribution in [2.45, 2.75) is 355 Å². The van der Waals surface area contributed by atoms with Crippen LogP contribution in [0.4, 0.5) is 13.2 Å². The predicted molar refractivity (Wildman–Crippen MR) is 586 cm³/mol. The Labute approximate surface area is 897 Å². The number of hydrogen-bond donors (Lipinski definition) is 0. The van der Waals surface area contributed by atoms with E-state index in [0.29, 0.717) is 11.5 Å². The minimum Gasteiger partial charge on any atom is -0.518 e. The Hall–Kier alpha value is -6.06. The Kier molecular flexibility index (Phi) is 51.8. The maximum atomic E-state index is 14.6. The summed E-state index contributed by atoms with van der Waals surface area (Å²) in [6.07, 6.45) is 81.1. The Bertz CT molecular complexity index is 4730. The van der Waals surface area contributed by atoms with Crippen LogP contribution in [0.3, 0.4) is 0 Å². The first-order chi connectivity index (χ1) is 66.8. The van der Waals surface area contributed by atoms with Gasteiger partial charge in [0.2, 0.25) is 0 Å². The first-order valence-electron chi connectivity index (χ1n) is 55.7. The first-order valence-corrected chi connectivity index (χ1v) is 55.7. The summed E-state index contributed by atoms with van der Waals surface area (Å²) in [5.41, 5.74) is 16.8. The minimum atomic E-state index is -0.739. The van der Waals surface area contributed by atoms with Crippen LogP contribution in [0.2, 0.25) is 0 Å². The molecule has 0 nitrogen and oxygen atoms in total. The van der Waals surface area contributed by atoms with Crippen LogP contribution < -0.4 is 0 Å². The molecular formula is C134H179F3Y2-2. The number of halogens is 3. The van der Waals surface area contributed by atoms with Crippen LogP contribution >= 0.6 is 0 Å². The van der Waals surface area contributed by atoms with E-state index < -0.39 is 11.6 Å². The number of allylic oxidation sites excluding steroid dienone is 9. The quantitative estimate of drug-likeness (QED) is 0.0442. The molecule has 0 bridgehead atoms. The fraction of sp³-hybridized carbons (Fsp3) is 0.537. The molecule has 0 unspecified atom stereocenters. The first kappa shape index (κ1) is 115. The van der Waals surface area contributed by atoms with Gasteiger partial charge in [-0.2, -0.15) is 35.9 Å². The molecular weight excluding hydrogens is 1840 g/mol. The Morgan fingerprint density at radius 2 is 0.597 bits per heavy atom. The van der Waals surface area contributed by atoms with Crippen molar-refractivity contribution < 1.29 is 78.6 Å². The molecule has 18 rings (SSSR count). The molecule has 0 N–H and O–H groups in total. The van der Waals surface area contributed by atoms with Crippen LogP contribution in [0.25, 0.3) is 33.4 Å². The molecule has 2 radical (unpaired) electrons. The SMILES string of the molecule is C/C=C/CCc1ccc(-c2ccc(-c3ccc(C)cc3)cc2F)cc1.C/C=C/CCc1ccc(-c2ccc(C)cc2)cc1.C=CC1CCC(C2CCC(C)CC2)CC1.C=CC1CCC(C2CCC(c3cc[c-]cc3)CC2)CC1.C=CC1CCC(C2CCC(c3ccc(F)c(F)c3)CC2)CC1.C=CCC1CCC(C2CCC(c3ccc(C)cc3)CC2)CC1.[CH-]=CC1CCC(C2CCC(C)CC2)CC1.[Y].[Y]. The topological polar surface area (TPSA) is 0 Å². The summed E-state index contributed by atoms with van der Waals surface area (Å²) in [5, 5.41) is 0. The summed E-state index contributed by atoms with van der Waals surface area (Å²) < 4.78 is 41.1. The van der Waals surface area contributed by atoms with Crippen LogP contribution in [0.15, 0.2) is 263 Å². The van der Waals surface area contributed by atoms with Crippen LogP contribution in [-0.4, -0.2) is 0 Å². The van der Waals surface area contributed by atoms with Gasteiger partial charge in [0.15, 0.2) is 11.6 Å². The number of aryl methyl sites for hydroxylation is 5. The van der Waals surface area contributed by atoms with Crippen molar-refractivity contribution in [2.24, 2.45) is 101 Å². The Morgan fingerprint density at radius 3 is 0.935 bits per heavy atom. The van der Waals surface area contributed by atoms with E-state index in [4.69, 9.17) is 6.58 Å². The third-order valence-corrected chi connectivity index (χ3v) is 35.5. The van der Waals surface area contributed by atoms with Gasteiger partial charge in [0.25, 0.3) is 0 Å². The van der Waals surface area contributed by atoms with Crippen molar-refractivity contribution in [1.29, 1.82) is 0 Å². The van der Waals surface area contributed by atoms with Gasteiger partial charge >= 0.3 is 0 Å². The largest absolute Gasteiger partial charge is 0.518 e. The zero-order chi connectivity index (χ0) is 96.5. The number of hydrogen-bond acceptors (Lipinski definition) is 0. The molecule has 10 aliphatic carbocycles. The van der Waals surface area contributed by atoms with Crippen molar-refractivity contribution in [3.8, 4) is 33.4 Å². The Morgan fingerprint density at radius 1 is 0.302 bits per heavy atom. The van der Waals surface area contributed by atoms with Crippen molar-refractivity contribution in [3.63, 3.8) is 0 Å². The van der Waals surface area contributed by atoms with Gasteiger partial charge in [0, 0.05) is 71.0 Å². The van der Waals surface area contributed by atoms with E-state index in [9.17, 15) is 13.2 Å². The smallest absolute Gasteiger partial charge is 0.159 e. The predicted octanol–water partition coefficient (Wildman–Crippen LogP) is 40.2. The van der Waals surface area contributed by atoms with Crippen molar-refractivity contribution in [2.75, 3.05) is 0 Å². The molecule has 8 aromatic carbocycles. The second kappa shape index (κ2) is 62.7. The normalized spacial score (nSPS) is 27.9. The maximum absolute atomic E-state index is 14.6. The van der Waals surface area contributed by atoms with E-state index in [0.717, 1.165) is 173 Å². The van der Waals surface area contributed by atoms with Gasteiger partial charge in [-0.1, -0.05) is 250 Å². The molecule has 0 amide bonds. The standard InChI is InChI=1S/C24H23F.C22H32.C20H26F2.C20H27.C18H20.C15H26.C15H25.2Y/c1-3-4-5-6-19-9-13-21(14-10-19)23-16-15-22(17-24(23)25)20-11-7-18(2)8-12-20;1-3-4-18-7-11-20(12-8-18)22-15-13-21(14-16-22)19-9-5-17(2)6-10-19;1-2-14-3-5-15(6-4-14)16-7-9-17(10-8-16)18-11-12-19(21)20(22)13-18;1-2-16-8-10-18(11-9-16)20-14-12-19(13-15-20)17-6-4-3-5-7-17;1-3-4-5-6-16-9-13-18(14-10-16)17-11-7-15(2)8-12-17;2*1-3-13-6-10-15(11-7-13)14-8-4-12(2)5-9-14;;/h3-4,7-17H,5-6H2,1-2H3;3,5-6,9-10,18,20-22H,1,4,7-8,11-16H2,2H3;2,11-17H,1,3-10H2;2,4-7,16,18-20H,1,8-15H2;3-4,7-14H,5-6H2,1-2H3;3,12-15H,1,4-11H2,2H3;1,3,12-15H,4-11H2,2H3;;/q;;;-1;;;-1;;/b4-3+;;;;4-3+;;;;. The molecule has 744 valence electrons. The molecule has 0 heterocycles. The molecule has 10 saturated carbocycles. The third-order valence-electron chi connectivity index (χ3n) is 35.5. The summed E-state index contributed by atoms with van der Waals surface area (Å²) in [4.78, 5) is 0. The van der Waals surface area contributed by atoms with Crippen LogP contribution in [0.5, 0.6) is 0 Å². The number of benzene rings is 8. The van der Waals surface area contributed by atoms with Crippen LogP contribution in [0, 0.1) is 151 Å². The molecule has 10 aliphatic rings. The molecule has 5 heteroatoms. The zero-order valence-corrected chi connectivity index (χ0v) is 93.3. The van der Waals surface area contributed by atoms with E-state index in [2.05, 4.69) is 232 Å². The average molecular weight is 2020 g/mol. The van der Waals surface area contributed by atoms with E-state index >= 15 is 0 Å². The summed E-state index contributed by atoms with van der Waals surface area (Å²) in [7, 11) is 0. The van der Waals surface area contributed by atoms with Crippen LogP contribution in [-0.2, 0) is 78.3 Å². The van der Waals surface area contributed by atoms with Gasteiger partial charge in [-0.15, -0.1) is 26.3 Å². The third kappa shape index (κ3) is 37.7. The Balaban J connectivity index is 0.000000168. The van der Waals surface area contributed by atoms with Crippen molar-refractivity contribution >= 4 is 0 Å². The van der Waals surface area contributed by atoms with E-state index in [1.54, 1.807) is 17.7 Å². The number of rotatable bonds is 23. The molecule has 0 aromatic heterocycles. The average Bonchev–Trinajstić information content (AvgIpc) is 0.814. The van der Waals surface area contributed by atoms with E-state index in [1.807, 2.05) is 61.5 Å². The molecule has 139 heavy (non-hydrogen) atoms. The maximum Gasteiger partial charge on any atom is 0.159 e. The van der Waals surface area contributed by atoms with Gasteiger partial charge in [0.05, 0.1) is 0 Å². The molecule has 0 saturated heterocycles. The van der Waals surface area contributed by atoms with E-state index in [1.165, 1.54) is 307 Å². The van der Waals surface area contributed by atoms with Crippen molar-refractivity contribution in [3.05, 3.63) is 338 Å². The minimum absolute atomic E-state index is 0. The van der Waals surface area contributed by atoms with Crippen molar-refractivity contribution in [1.82, 2.24) is 0 Å². The van der Waals surface area contributed by atoms with Gasteiger partial charge in [-0.3, -0.25) is 6.08 Å². The van der Waals surface area contributed by atoms with Gasteiger partial charge in [-0.25, -0.2) is 13.2 Å². The molecule has 0 atom stereocenters. The fourth-order valence-electron chi connectivity index (χ4n) is 26.0. The zero-order valence-electron chi connectivity index (χ0n) is 87.6. The monoisotopic (exact) mass is 2020 g/mol. The van der Waals surface area contributed by atoms with Crippen LogP contribution in [0.1, 0.15) is 366 Å². The van der Waals surface area contributed by atoms with Gasteiger partial charge < -0.3 is 6.58 Å². The summed E-state index contributed by atoms with van der Waals surface area (Å²) in [5.74, 6) is 16.5. The molecule has 10 fully saturated rings. The summed E-state index contributed by atoms with van der Waals surface area (Å²) >= 11 is 0. The molecule has 8 aromatic rings. The summed E-state index contributed by atoms with van der Waals surface area (Å²) in [6, 6.07) is 65.0. The second-order valence-corrected chi connectivity index (χ2v) is 44.7. The van der Waals surface area contributed by atoms with E-state index in [-0.39, 0.29) is 71.2 Å². The molecule has 0 aliphatic heterocycles. The molecule has 0 spiro atoms. The summed E-state index contributed by atoms with van der Waals surface area (Å²) in [6.45, 7) is 36.6. The fourth-order valence-corrected chi connectivity index (χ4v) is 26.0.